The highest BCUT2D eigenvalue weighted by Gasteiger charge is 2.31. The van der Waals surface area contributed by atoms with Gasteiger partial charge in [0.15, 0.2) is 17.5 Å². The monoisotopic (exact) mass is 243 g/mol. The van der Waals surface area contributed by atoms with Crippen molar-refractivity contribution >= 4 is 0 Å². The van der Waals surface area contributed by atoms with Gasteiger partial charge in [-0.3, -0.25) is 0 Å². The number of halogens is 3. The zero-order valence-corrected chi connectivity index (χ0v) is 9.77. The second-order valence-electron chi connectivity index (χ2n) is 4.62. The molecule has 2 rings (SSSR count). The molecule has 0 bridgehead atoms. The number of nitrogens with one attached hydrogen (secondary N) is 1. The third-order valence-electron chi connectivity index (χ3n) is 3.59. The molecule has 2 atom stereocenters. The standard InChI is InChI=1S/C13H16F3N/c1-17-7-8-3-2-4-9(8)10-5-6-11(14)13(16)12(10)15/h5-6,8-9,17H,2-4,7H2,1H3. The molecule has 1 aliphatic rings. The fourth-order valence-electron chi connectivity index (χ4n) is 2.78. The topological polar surface area (TPSA) is 12.0 Å². The van der Waals surface area contributed by atoms with Crippen LogP contribution in [0.5, 0.6) is 0 Å². The Morgan fingerprint density at radius 1 is 1.18 bits per heavy atom. The van der Waals surface area contributed by atoms with Gasteiger partial charge in [0.25, 0.3) is 0 Å². The van der Waals surface area contributed by atoms with Gasteiger partial charge in [0, 0.05) is 0 Å². The third kappa shape index (κ3) is 2.32. The van der Waals surface area contributed by atoms with Gasteiger partial charge in [0.1, 0.15) is 0 Å². The van der Waals surface area contributed by atoms with Crippen molar-refractivity contribution in [1.29, 1.82) is 0 Å². The molecular weight excluding hydrogens is 227 g/mol. The molecule has 1 N–H and O–H groups in total. The second kappa shape index (κ2) is 5.08. The van der Waals surface area contributed by atoms with E-state index >= 15 is 0 Å². The Balaban J connectivity index is 2.30. The van der Waals surface area contributed by atoms with Crippen molar-refractivity contribution in [2.75, 3.05) is 13.6 Å². The molecule has 4 heteroatoms. The van der Waals surface area contributed by atoms with Crippen LogP contribution in [0.4, 0.5) is 13.2 Å². The van der Waals surface area contributed by atoms with E-state index in [1.54, 1.807) is 0 Å². The van der Waals surface area contributed by atoms with Crippen molar-refractivity contribution in [3.05, 3.63) is 35.1 Å². The Morgan fingerprint density at radius 3 is 2.65 bits per heavy atom. The molecule has 1 nitrogen and oxygen atoms in total. The lowest BCUT2D eigenvalue weighted by atomic mass is 9.88. The molecule has 0 spiro atoms. The quantitative estimate of drug-likeness (QED) is 0.804. The minimum atomic E-state index is -1.35. The lowest BCUT2D eigenvalue weighted by molar-refractivity contribution is 0.411. The van der Waals surface area contributed by atoms with Crippen molar-refractivity contribution in [3.8, 4) is 0 Å². The van der Waals surface area contributed by atoms with Crippen LogP contribution in [-0.2, 0) is 0 Å². The van der Waals surface area contributed by atoms with E-state index in [4.69, 9.17) is 0 Å². The number of hydrogen-bond acceptors (Lipinski definition) is 1. The summed E-state index contributed by atoms with van der Waals surface area (Å²) in [5.74, 6) is -3.18. The van der Waals surface area contributed by atoms with Crippen LogP contribution in [0.25, 0.3) is 0 Å². The zero-order chi connectivity index (χ0) is 12.4. The Kier molecular flexibility index (Phi) is 3.72. The summed E-state index contributed by atoms with van der Waals surface area (Å²) in [7, 11) is 1.84. The summed E-state index contributed by atoms with van der Waals surface area (Å²) in [6.07, 6.45) is 2.85. The van der Waals surface area contributed by atoms with E-state index in [2.05, 4.69) is 5.32 Å². The molecule has 0 aliphatic heterocycles. The van der Waals surface area contributed by atoms with E-state index in [-0.39, 0.29) is 5.92 Å². The first kappa shape index (κ1) is 12.4. The molecule has 17 heavy (non-hydrogen) atoms. The molecule has 2 unspecified atom stereocenters. The third-order valence-corrected chi connectivity index (χ3v) is 3.59. The summed E-state index contributed by atoms with van der Waals surface area (Å²) >= 11 is 0. The smallest absolute Gasteiger partial charge is 0.194 e. The highest BCUT2D eigenvalue weighted by Crippen LogP contribution is 2.40. The predicted molar refractivity (Wildman–Crippen MR) is 60.3 cm³/mol. The van der Waals surface area contributed by atoms with Gasteiger partial charge in [-0.05, 0) is 49.9 Å². The fraction of sp³-hybridized carbons (Fsp3) is 0.538. The lowest BCUT2D eigenvalue weighted by Crippen LogP contribution is -2.21. The van der Waals surface area contributed by atoms with Crippen molar-refractivity contribution in [1.82, 2.24) is 5.32 Å². The minimum absolute atomic E-state index is 0.00227. The largest absolute Gasteiger partial charge is 0.319 e. The normalized spacial score (nSPS) is 24.2. The van der Waals surface area contributed by atoms with E-state index in [0.717, 1.165) is 31.9 Å². The van der Waals surface area contributed by atoms with Gasteiger partial charge >= 0.3 is 0 Å². The molecule has 94 valence electrons. The molecule has 0 heterocycles. The molecule has 1 aromatic carbocycles. The average Bonchev–Trinajstić information content (AvgIpc) is 2.75. The molecular formula is C13H16F3N. The van der Waals surface area contributed by atoms with Gasteiger partial charge in [-0.25, -0.2) is 13.2 Å². The summed E-state index contributed by atoms with van der Waals surface area (Å²) in [6, 6.07) is 2.40. The maximum Gasteiger partial charge on any atom is 0.194 e. The van der Waals surface area contributed by atoms with Crippen LogP contribution in [0.1, 0.15) is 30.7 Å². The number of benzene rings is 1. The molecule has 0 radical (unpaired) electrons. The van der Waals surface area contributed by atoms with E-state index in [1.807, 2.05) is 7.05 Å². The number of rotatable bonds is 3. The second-order valence-corrected chi connectivity index (χ2v) is 4.62. The van der Waals surface area contributed by atoms with E-state index in [1.165, 1.54) is 6.07 Å². The summed E-state index contributed by atoms with van der Waals surface area (Å²) in [4.78, 5) is 0. The van der Waals surface area contributed by atoms with Crippen LogP contribution in [0, 0.1) is 23.4 Å². The molecule has 1 aliphatic carbocycles. The van der Waals surface area contributed by atoms with Crippen LogP contribution < -0.4 is 5.32 Å². The minimum Gasteiger partial charge on any atom is -0.319 e. The molecule has 0 saturated heterocycles. The van der Waals surface area contributed by atoms with Gasteiger partial charge in [-0.2, -0.15) is 0 Å². The van der Waals surface area contributed by atoms with E-state index in [0.29, 0.717) is 11.5 Å². The van der Waals surface area contributed by atoms with Crippen molar-refractivity contribution < 1.29 is 13.2 Å². The van der Waals surface area contributed by atoms with Gasteiger partial charge in [-0.15, -0.1) is 0 Å². The SMILES string of the molecule is CNCC1CCCC1c1ccc(F)c(F)c1F. The van der Waals surface area contributed by atoms with Crippen molar-refractivity contribution in [2.24, 2.45) is 5.92 Å². The van der Waals surface area contributed by atoms with Crippen molar-refractivity contribution in [2.45, 2.75) is 25.2 Å². The first-order valence-corrected chi connectivity index (χ1v) is 5.93. The summed E-state index contributed by atoms with van der Waals surface area (Å²) in [5.41, 5.74) is 0.321. The fourth-order valence-corrected chi connectivity index (χ4v) is 2.78. The predicted octanol–water partition coefficient (Wildman–Crippen LogP) is 3.21. The number of hydrogen-bond donors (Lipinski definition) is 1. The average molecular weight is 243 g/mol. The van der Waals surface area contributed by atoms with Gasteiger partial charge in [0.05, 0.1) is 0 Å². The summed E-state index contributed by atoms with van der Waals surface area (Å²) < 4.78 is 39.7. The maximum absolute atomic E-state index is 13.7. The zero-order valence-electron chi connectivity index (χ0n) is 9.77. The van der Waals surface area contributed by atoms with Crippen LogP contribution in [-0.4, -0.2) is 13.6 Å². The first-order valence-electron chi connectivity index (χ1n) is 5.93. The highest BCUT2D eigenvalue weighted by molar-refractivity contribution is 5.25. The van der Waals surface area contributed by atoms with Crippen molar-refractivity contribution in [3.63, 3.8) is 0 Å². The van der Waals surface area contributed by atoms with Gasteiger partial charge in [0.2, 0.25) is 0 Å². The van der Waals surface area contributed by atoms with Gasteiger partial charge in [-0.1, -0.05) is 12.5 Å². The van der Waals surface area contributed by atoms with E-state index in [9.17, 15) is 13.2 Å². The van der Waals surface area contributed by atoms with E-state index < -0.39 is 17.5 Å². The Hall–Kier alpha value is -1.03. The Bertz CT molecular complexity index is 406. The van der Waals surface area contributed by atoms with Crippen LogP contribution in [0.15, 0.2) is 12.1 Å². The Morgan fingerprint density at radius 2 is 1.94 bits per heavy atom. The van der Waals surface area contributed by atoms with Crippen LogP contribution in [0.2, 0.25) is 0 Å². The first-order chi connectivity index (χ1) is 8.15. The Labute approximate surface area is 99.0 Å². The highest BCUT2D eigenvalue weighted by atomic mass is 19.2. The molecule has 1 saturated carbocycles. The lowest BCUT2D eigenvalue weighted by Gasteiger charge is -2.20. The molecule has 0 aromatic heterocycles. The van der Waals surface area contributed by atoms with Crippen LogP contribution >= 0.6 is 0 Å². The summed E-state index contributed by atoms with van der Waals surface area (Å²) in [6.45, 7) is 0.781. The summed E-state index contributed by atoms with van der Waals surface area (Å²) in [5, 5.41) is 3.06. The molecule has 0 amide bonds. The molecule has 1 fully saturated rings. The van der Waals surface area contributed by atoms with Gasteiger partial charge < -0.3 is 5.32 Å². The maximum atomic E-state index is 13.7. The van der Waals surface area contributed by atoms with Crippen LogP contribution in [0.3, 0.4) is 0 Å². The molecule has 1 aromatic rings.